The molecule has 2 nitrogen and oxygen atoms in total. The van der Waals surface area contributed by atoms with Gasteiger partial charge in [-0.05, 0) is 36.7 Å². The van der Waals surface area contributed by atoms with E-state index >= 15 is 0 Å². The third-order valence-corrected chi connectivity index (χ3v) is 3.35. The Kier molecular flexibility index (Phi) is 2.29. The van der Waals surface area contributed by atoms with Crippen molar-refractivity contribution in [1.29, 1.82) is 0 Å². The number of hydrogen-bond donors (Lipinski definition) is 1. The van der Waals surface area contributed by atoms with Gasteiger partial charge in [-0.15, -0.1) is 0 Å². The number of nitrogens with one attached hydrogen (secondary N) is 1. The molecule has 0 aliphatic carbocycles. The molecule has 0 atom stereocenters. The van der Waals surface area contributed by atoms with Gasteiger partial charge in [-0.2, -0.15) is 0 Å². The zero-order valence-corrected chi connectivity index (χ0v) is 9.53. The van der Waals surface area contributed by atoms with E-state index in [0.29, 0.717) is 0 Å². The summed E-state index contributed by atoms with van der Waals surface area (Å²) in [6.07, 6.45) is 5.52. The van der Waals surface area contributed by atoms with Gasteiger partial charge >= 0.3 is 0 Å². The number of rotatable bonds is 1. The lowest BCUT2D eigenvalue weighted by molar-refractivity contribution is 0.370. The minimum absolute atomic E-state index is 1.07. The lowest BCUT2D eigenvalue weighted by Gasteiger charge is -2.22. The first-order chi connectivity index (χ1) is 7.84. The smallest absolute Gasteiger partial charge is 0.0460 e. The van der Waals surface area contributed by atoms with Crippen LogP contribution < -0.4 is 0 Å². The van der Waals surface area contributed by atoms with Crippen LogP contribution >= 0.6 is 0 Å². The second-order valence-electron chi connectivity index (χ2n) is 4.49. The largest absolute Gasteiger partial charge is 0.361 e. The first kappa shape index (κ1) is 9.67. The van der Waals surface area contributed by atoms with E-state index in [9.17, 15) is 0 Å². The molecule has 1 aliphatic heterocycles. The summed E-state index contributed by atoms with van der Waals surface area (Å²) in [5, 5.41) is 1.35. The Labute approximate surface area is 95.6 Å². The normalized spacial score (nSPS) is 17.7. The Morgan fingerprint density at radius 1 is 1.25 bits per heavy atom. The van der Waals surface area contributed by atoms with Crippen LogP contribution in [0.1, 0.15) is 12.0 Å². The summed E-state index contributed by atoms with van der Waals surface area (Å²) in [7, 11) is 2.17. The molecule has 0 spiro atoms. The molecule has 3 rings (SSSR count). The molecule has 2 heterocycles. The molecule has 0 fully saturated rings. The highest BCUT2D eigenvalue weighted by atomic mass is 15.1. The van der Waals surface area contributed by atoms with Gasteiger partial charge in [-0.3, -0.25) is 0 Å². The van der Waals surface area contributed by atoms with E-state index in [4.69, 9.17) is 0 Å². The van der Waals surface area contributed by atoms with Gasteiger partial charge in [-0.25, -0.2) is 0 Å². The van der Waals surface area contributed by atoms with Crippen molar-refractivity contribution in [2.45, 2.75) is 6.42 Å². The minimum Gasteiger partial charge on any atom is -0.361 e. The lowest BCUT2D eigenvalue weighted by Crippen LogP contribution is -2.23. The quantitative estimate of drug-likeness (QED) is 0.770. The Bertz CT molecular complexity index is 536. The van der Waals surface area contributed by atoms with Crippen molar-refractivity contribution < 1.29 is 0 Å². The van der Waals surface area contributed by atoms with Crippen molar-refractivity contribution in [1.82, 2.24) is 9.88 Å². The maximum absolute atomic E-state index is 3.27. The fourth-order valence-electron chi connectivity index (χ4n) is 2.38. The number of benzene rings is 1. The van der Waals surface area contributed by atoms with E-state index in [1.54, 1.807) is 0 Å². The van der Waals surface area contributed by atoms with E-state index in [1.807, 2.05) is 6.20 Å². The molecule has 1 aromatic heterocycles. The van der Waals surface area contributed by atoms with Crippen LogP contribution in [0.3, 0.4) is 0 Å². The van der Waals surface area contributed by atoms with Crippen molar-refractivity contribution in [3.8, 4) is 0 Å². The highest BCUT2D eigenvalue weighted by Gasteiger charge is 2.11. The minimum atomic E-state index is 1.07. The number of aromatic amines is 1. The van der Waals surface area contributed by atoms with Crippen LogP contribution in [0.25, 0.3) is 16.5 Å². The average Bonchev–Trinajstić information content (AvgIpc) is 2.78. The van der Waals surface area contributed by atoms with E-state index < -0.39 is 0 Å². The van der Waals surface area contributed by atoms with Crippen LogP contribution in [-0.2, 0) is 0 Å². The van der Waals surface area contributed by atoms with E-state index in [0.717, 1.165) is 19.5 Å². The predicted octanol–water partition coefficient (Wildman–Crippen LogP) is 2.89. The van der Waals surface area contributed by atoms with Gasteiger partial charge in [0.1, 0.15) is 0 Å². The Morgan fingerprint density at radius 3 is 3.00 bits per heavy atom. The van der Waals surface area contributed by atoms with Gasteiger partial charge in [0.15, 0.2) is 0 Å². The molecule has 0 saturated heterocycles. The number of nitrogens with zero attached hydrogens (tertiary/aromatic N) is 1. The van der Waals surface area contributed by atoms with Crippen molar-refractivity contribution in [3.05, 3.63) is 42.1 Å². The molecule has 0 bridgehead atoms. The molecule has 1 N–H and O–H groups in total. The van der Waals surface area contributed by atoms with E-state index in [1.165, 1.54) is 22.0 Å². The molecule has 0 unspecified atom stereocenters. The Morgan fingerprint density at radius 2 is 2.19 bits per heavy atom. The molecule has 2 aromatic rings. The molecule has 16 heavy (non-hydrogen) atoms. The molecule has 2 heteroatoms. The number of aromatic nitrogens is 1. The van der Waals surface area contributed by atoms with Crippen molar-refractivity contribution in [3.63, 3.8) is 0 Å². The number of hydrogen-bond acceptors (Lipinski definition) is 1. The van der Waals surface area contributed by atoms with Crippen LogP contribution in [-0.4, -0.2) is 30.0 Å². The van der Waals surface area contributed by atoms with Crippen LogP contribution in [0.2, 0.25) is 0 Å². The fourth-order valence-corrected chi connectivity index (χ4v) is 2.38. The summed E-state index contributed by atoms with van der Waals surface area (Å²) < 4.78 is 0. The summed E-state index contributed by atoms with van der Waals surface area (Å²) in [5.41, 5.74) is 4.12. The first-order valence-electron chi connectivity index (χ1n) is 5.78. The summed E-state index contributed by atoms with van der Waals surface area (Å²) in [4.78, 5) is 5.62. The molecule has 82 valence electrons. The maximum atomic E-state index is 3.27. The van der Waals surface area contributed by atoms with Gasteiger partial charge in [-0.1, -0.05) is 18.2 Å². The van der Waals surface area contributed by atoms with Crippen molar-refractivity contribution in [2.75, 3.05) is 20.1 Å². The monoisotopic (exact) mass is 212 g/mol. The molecular formula is C14H16N2. The third-order valence-electron chi connectivity index (χ3n) is 3.35. The van der Waals surface area contributed by atoms with Gasteiger partial charge < -0.3 is 9.88 Å². The van der Waals surface area contributed by atoms with E-state index in [2.05, 4.69) is 47.3 Å². The SMILES string of the molecule is CN1CC=C(c2cccc3[nH]ccc23)CC1. The van der Waals surface area contributed by atoms with Crippen LogP contribution in [0.15, 0.2) is 36.5 Å². The molecular weight excluding hydrogens is 196 g/mol. The Hall–Kier alpha value is -1.54. The third kappa shape index (κ3) is 1.55. The van der Waals surface area contributed by atoms with Crippen molar-refractivity contribution in [2.24, 2.45) is 0 Å². The molecule has 1 aliphatic rings. The van der Waals surface area contributed by atoms with Gasteiger partial charge in [0.2, 0.25) is 0 Å². The van der Waals surface area contributed by atoms with Crippen molar-refractivity contribution >= 4 is 16.5 Å². The standard InChI is InChI=1S/C14H16N2/c1-16-9-6-11(7-10-16)12-3-2-4-14-13(12)5-8-15-14/h2-6,8,15H,7,9-10H2,1H3. The lowest BCUT2D eigenvalue weighted by atomic mass is 9.97. The summed E-state index contributed by atoms with van der Waals surface area (Å²) in [6.45, 7) is 2.22. The van der Waals surface area contributed by atoms with Gasteiger partial charge in [0.05, 0.1) is 0 Å². The zero-order chi connectivity index (χ0) is 11.0. The predicted molar refractivity (Wildman–Crippen MR) is 68.4 cm³/mol. The number of H-pyrrole nitrogens is 1. The summed E-state index contributed by atoms with van der Waals surface area (Å²) in [6, 6.07) is 8.67. The van der Waals surface area contributed by atoms with Gasteiger partial charge in [0, 0.05) is 30.2 Å². The topological polar surface area (TPSA) is 19.0 Å². The van der Waals surface area contributed by atoms with Gasteiger partial charge in [0.25, 0.3) is 0 Å². The van der Waals surface area contributed by atoms with Crippen LogP contribution in [0.5, 0.6) is 0 Å². The second kappa shape index (κ2) is 3.80. The Balaban J connectivity index is 2.09. The highest BCUT2D eigenvalue weighted by molar-refractivity contribution is 5.92. The summed E-state index contributed by atoms with van der Waals surface area (Å²) >= 11 is 0. The molecule has 0 saturated carbocycles. The summed E-state index contributed by atoms with van der Waals surface area (Å²) in [5.74, 6) is 0. The van der Waals surface area contributed by atoms with E-state index in [-0.39, 0.29) is 0 Å². The van der Waals surface area contributed by atoms with Crippen LogP contribution in [0, 0.1) is 0 Å². The van der Waals surface area contributed by atoms with Crippen LogP contribution in [0.4, 0.5) is 0 Å². The number of fused-ring (bicyclic) bond motifs is 1. The zero-order valence-electron chi connectivity index (χ0n) is 9.53. The molecule has 1 aromatic carbocycles. The highest BCUT2D eigenvalue weighted by Crippen LogP contribution is 2.28. The maximum Gasteiger partial charge on any atom is 0.0460 e. The first-order valence-corrected chi connectivity index (χ1v) is 5.78. The average molecular weight is 212 g/mol. The molecule has 0 radical (unpaired) electrons. The fraction of sp³-hybridized carbons (Fsp3) is 0.286. The second-order valence-corrected chi connectivity index (χ2v) is 4.49. The number of likely N-dealkylation sites (N-methyl/N-ethyl adjacent to an activating group) is 1. The molecule has 0 amide bonds.